The van der Waals surface area contributed by atoms with Crippen LogP contribution in [0.1, 0.15) is 25.7 Å². The van der Waals surface area contributed by atoms with Crippen LogP contribution < -0.4 is 10.9 Å². The van der Waals surface area contributed by atoms with Crippen molar-refractivity contribution in [1.82, 2.24) is 20.9 Å². The van der Waals surface area contributed by atoms with Gasteiger partial charge in [0.15, 0.2) is 0 Å². The van der Waals surface area contributed by atoms with Crippen LogP contribution in [0.2, 0.25) is 0 Å². The Balaban J connectivity index is 1.47. The van der Waals surface area contributed by atoms with Gasteiger partial charge in [0.1, 0.15) is 0 Å². The van der Waals surface area contributed by atoms with Crippen LogP contribution in [0.25, 0.3) is 0 Å². The molecule has 0 fully saturated rings. The Morgan fingerprint density at radius 2 is 0.909 bits per heavy atom. The molecule has 2 aliphatic rings. The number of carbonyl (C=O) groups is 4. The van der Waals surface area contributed by atoms with Crippen LogP contribution in [0.5, 0.6) is 0 Å². The lowest BCUT2D eigenvalue weighted by molar-refractivity contribution is -0.142. The highest BCUT2D eigenvalue weighted by Crippen LogP contribution is 2.03. The lowest BCUT2D eigenvalue weighted by Gasteiger charge is -2.15. The molecule has 8 heteroatoms. The van der Waals surface area contributed by atoms with Crippen LogP contribution in [0.3, 0.4) is 0 Å². The molecule has 118 valence electrons. The standard InChI is InChI=1S/C14H18N4O4/c19-11-5-6-12(20)17(11)15-9-3-1-2-4-10-16-18-13(21)7-8-14(18)22/h5-8,15-16H,1-4,9-10H2. The monoisotopic (exact) mass is 306 g/mol. The fourth-order valence-corrected chi connectivity index (χ4v) is 2.10. The summed E-state index contributed by atoms with van der Waals surface area (Å²) in [4.78, 5) is 45.0. The van der Waals surface area contributed by atoms with Gasteiger partial charge in [-0.2, -0.15) is 0 Å². The second-order valence-corrected chi connectivity index (χ2v) is 4.92. The molecule has 8 nitrogen and oxygen atoms in total. The molecule has 0 atom stereocenters. The zero-order valence-corrected chi connectivity index (χ0v) is 12.1. The van der Waals surface area contributed by atoms with E-state index in [1.54, 1.807) is 0 Å². The van der Waals surface area contributed by atoms with Gasteiger partial charge in [-0.25, -0.2) is 20.9 Å². The van der Waals surface area contributed by atoms with Gasteiger partial charge in [-0.3, -0.25) is 19.2 Å². The second kappa shape index (κ2) is 7.62. The number of rotatable bonds is 9. The Morgan fingerprint density at radius 3 is 1.23 bits per heavy atom. The summed E-state index contributed by atoms with van der Waals surface area (Å²) < 4.78 is 0. The molecule has 0 saturated carbocycles. The fourth-order valence-electron chi connectivity index (χ4n) is 2.10. The lowest BCUT2D eigenvalue weighted by atomic mass is 10.2. The largest absolute Gasteiger partial charge is 0.268 e. The smallest absolute Gasteiger partial charge is 0.268 e. The highest BCUT2D eigenvalue weighted by Gasteiger charge is 2.23. The van der Waals surface area contributed by atoms with Crippen molar-refractivity contribution < 1.29 is 19.2 Å². The number of nitrogens with one attached hydrogen (secondary N) is 2. The molecule has 0 saturated heterocycles. The van der Waals surface area contributed by atoms with Gasteiger partial charge in [-0.15, -0.1) is 0 Å². The first-order chi connectivity index (χ1) is 10.6. The minimum Gasteiger partial charge on any atom is -0.268 e. The molecule has 4 amide bonds. The molecule has 0 unspecified atom stereocenters. The van der Waals surface area contributed by atoms with Gasteiger partial charge >= 0.3 is 0 Å². The van der Waals surface area contributed by atoms with Crippen molar-refractivity contribution in [2.24, 2.45) is 0 Å². The fraction of sp³-hybridized carbons (Fsp3) is 0.429. The SMILES string of the molecule is O=C1C=CC(=O)N1NCCCCCCNN1C(=O)C=CC1=O. The van der Waals surface area contributed by atoms with Crippen molar-refractivity contribution in [1.29, 1.82) is 0 Å². The van der Waals surface area contributed by atoms with E-state index in [0.29, 0.717) is 13.1 Å². The third-order valence-corrected chi connectivity index (χ3v) is 3.26. The Labute approximate surface area is 127 Å². The van der Waals surface area contributed by atoms with Crippen molar-refractivity contribution >= 4 is 23.6 Å². The first-order valence-electron chi connectivity index (χ1n) is 7.19. The van der Waals surface area contributed by atoms with Crippen LogP contribution in [0, 0.1) is 0 Å². The molecule has 0 radical (unpaired) electrons. The quantitative estimate of drug-likeness (QED) is 0.436. The van der Waals surface area contributed by atoms with Crippen molar-refractivity contribution in [3.05, 3.63) is 24.3 Å². The highest BCUT2D eigenvalue weighted by molar-refractivity contribution is 6.12. The molecule has 0 aliphatic carbocycles. The summed E-state index contributed by atoms with van der Waals surface area (Å²) in [6, 6.07) is 0. The third kappa shape index (κ3) is 4.09. The first kappa shape index (κ1) is 16.1. The van der Waals surface area contributed by atoms with Crippen molar-refractivity contribution in [2.75, 3.05) is 13.1 Å². The maximum atomic E-state index is 11.3. The van der Waals surface area contributed by atoms with Crippen LogP contribution in [-0.4, -0.2) is 46.7 Å². The van der Waals surface area contributed by atoms with E-state index in [-0.39, 0.29) is 23.6 Å². The van der Waals surface area contributed by atoms with Gasteiger partial charge in [-0.1, -0.05) is 12.8 Å². The number of amides is 4. The van der Waals surface area contributed by atoms with Gasteiger partial charge in [0.05, 0.1) is 0 Å². The van der Waals surface area contributed by atoms with E-state index in [2.05, 4.69) is 10.9 Å². The maximum Gasteiger partial charge on any atom is 0.268 e. The summed E-state index contributed by atoms with van der Waals surface area (Å²) in [7, 11) is 0. The van der Waals surface area contributed by atoms with E-state index in [1.807, 2.05) is 0 Å². The van der Waals surface area contributed by atoms with E-state index in [0.717, 1.165) is 35.7 Å². The number of unbranched alkanes of at least 4 members (excludes halogenated alkanes) is 3. The number of nitrogens with zero attached hydrogens (tertiary/aromatic N) is 2. The maximum absolute atomic E-state index is 11.3. The molecule has 0 bridgehead atoms. The highest BCUT2D eigenvalue weighted by atomic mass is 16.2. The van der Waals surface area contributed by atoms with E-state index in [1.165, 1.54) is 24.3 Å². The minimum absolute atomic E-state index is 0.345. The molecule has 0 aromatic rings. The minimum atomic E-state index is -0.345. The van der Waals surface area contributed by atoms with Gasteiger partial charge in [-0.05, 0) is 12.8 Å². The van der Waals surface area contributed by atoms with E-state index in [9.17, 15) is 19.2 Å². The first-order valence-corrected chi connectivity index (χ1v) is 7.19. The third-order valence-electron chi connectivity index (χ3n) is 3.26. The summed E-state index contributed by atoms with van der Waals surface area (Å²) >= 11 is 0. The predicted molar refractivity (Wildman–Crippen MR) is 76.5 cm³/mol. The van der Waals surface area contributed by atoms with Crippen molar-refractivity contribution in [3.8, 4) is 0 Å². The number of imide groups is 2. The van der Waals surface area contributed by atoms with Gasteiger partial charge < -0.3 is 0 Å². The number of carbonyl (C=O) groups excluding carboxylic acids is 4. The molecule has 2 heterocycles. The lowest BCUT2D eigenvalue weighted by Crippen LogP contribution is -2.43. The van der Waals surface area contributed by atoms with Gasteiger partial charge in [0.25, 0.3) is 23.6 Å². The Hall–Kier alpha value is -2.32. The zero-order chi connectivity index (χ0) is 15.9. The Morgan fingerprint density at radius 1 is 0.591 bits per heavy atom. The molecule has 2 N–H and O–H groups in total. The number of hydrogen-bond donors (Lipinski definition) is 2. The normalized spacial score (nSPS) is 17.5. The van der Waals surface area contributed by atoms with E-state index in [4.69, 9.17) is 0 Å². The predicted octanol–water partition coefficient (Wildman–Crippen LogP) is -0.594. The van der Waals surface area contributed by atoms with Crippen molar-refractivity contribution in [3.63, 3.8) is 0 Å². The summed E-state index contributed by atoms with van der Waals surface area (Å²) in [6.45, 7) is 1.08. The topological polar surface area (TPSA) is 98.8 Å². The molecule has 0 aromatic heterocycles. The number of hydrazine groups is 2. The van der Waals surface area contributed by atoms with E-state index >= 15 is 0 Å². The summed E-state index contributed by atoms with van der Waals surface area (Å²) in [6.07, 6.45) is 8.40. The van der Waals surface area contributed by atoms with Crippen LogP contribution in [-0.2, 0) is 19.2 Å². The van der Waals surface area contributed by atoms with Gasteiger partial charge in [0, 0.05) is 37.4 Å². The molecule has 0 aromatic carbocycles. The Bertz CT molecular complexity index is 457. The summed E-state index contributed by atoms with van der Waals surface area (Å²) in [5.74, 6) is -1.38. The van der Waals surface area contributed by atoms with Crippen LogP contribution in [0.15, 0.2) is 24.3 Å². The molecule has 2 aliphatic heterocycles. The summed E-state index contributed by atoms with van der Waals surface area (Å²) in [5.41, 5.74) is 5.56. The molecular formula is C14H18N4O4. The molecule has 22 heavy (non-hydrogen) atoms. The average Bonchev–Trinajstić information content (AvgIpc) is 2.98. The van der Waals surface area contributed by atoms with Gasteiger partial charge in [0.2, 0.25) is 0 Å². The molecule has 0 spiro atoms. The molecule has 2 rings (SSSR count). The average molecular weight is 306 g/mol. The van der Waals surface area contributed by atoms with Crippen LogP contribution in [0.4, 0.5) is 0 Å². The second-order valence-electron chi connectivity index (χ2n) is 4.92. The zero-order valence-electron chi connectivity index (χ0n) is 12.1. The van der Waals surface area contributed by atoms with Crippen molar-refractivity contribution in [2.45, 2.75) is 25.7 Å². The molecular weight excluding hydrogens is 288 g/mol. The van der Waals surface area contributed by atoms with Crippen LogP contribution >= 0.6 is 0 Å². The Kier molecular flexibility index (Phi) is 5.56. The summed E-state index contributed by atoms with van der Waals surface area (Å²) in [5, 5.41) is 2.00. The van der Waals surface area contributed by atoms with E-state index < -0.39 is 0 Å². The number of hydrogen-bond acceptors (Lipinski definition) is 6.